The maximum atomic E-state index is 14.2. The Kier molecular flexibility index (Phi) is 5.51. The number of thioether (sulfide) groups is 1. The van der Waals surface area contributed by atoms with Crippen molar-refractivity contribution >= 4 is 17.7 Å². The quantitative estimate of drug-likeness (QED) is 0.531. The highest BCUT2D eigenvalue weighted by Gasteiger charge is 2.27. The number of hydrogen-bond donors (Lipinski definition) is 3. The van der Waals surface area contributed by atoms with Crippen LogP contribution in [-0.4, -0.2) is 27.2 Å². The normalized spacial score (nSPS) is 17.8. The largest absolute Gasteiger partial charge is 0.443 e. The van der Waals surface area contributed by atoms with Crippen LogP contribution in [0.4, 0.5) is 4.39 Å². The highest BCUT2D eigenvalue weighted by atomic mass is 32.2. The highest BCUT2D eigenvalue weighted by Crippen LogP contribution is 2.29. The van der Waals surface area contributed by atoms with Crippen molar-refractivity contribution in [3.63, 3.8) is 0 Å². The number of carbonyl (C=O) groups excluding carboxylic acids is 1. The molecule has 10 heteroatoms. The van der Waals surface area contributed by atoms with Crippen LogP contribution in [0.25, 0.3) is 11.6 Å². The molecule has 1 atom stereocenters. The smallest absolute Gasteiger partial charge is 0.261 e. The number of oxazole rings is 1. The van der Waals surface area contributed by atoms with Crippen molar-refractivity contribution in [1.82, 2.24) is 30.7 Å². The second kappa shape index (κ2) is 8.75. The molecule has 3 N–H and O–H groups in total. The number of amides is 1. The lowest BCUT2D eigenvalue weighted by Gasteiger charge is -2.24. The van der Waals surface area contributed by atoms with Crippen molar-refractivity contribution in [3.05, 3.63) is 94.2 Å². The molecule has 8 nitrogen and oxygen atoms in total. The third-order valence-electron chi connectivity index (χ3n) is 4.90. The van der Waals surface area contributed by atoms with E-state index in [2.05, 4.69) is 26.0 Å². The number of nitrogens with one attached hydrogen (secondary N) is 3. The minimum absolute atomic E-state index is 0.190. The zero-order chi connectivity index (χ0) is 21.9. The van der Waals surface area contributed by atoms with Gasteiger partial charge in [0, 0.05) is 18.3 Å². The number of carbonyl (C=O) groups is 1. The fourth-order valence-electron chi connectivity index (χ4n) is 3.34. The third-order valence-corrected chi connectivity index (χ3v) is 5.93. The summed E-state index contributed by atoms with van der Waals surface area (Å²) in [4.78, 5) is 17.4. The first-order chi connectivity index (χ1) is 15.7. The number of benzene rings is 1. The van der Waals surface area contributed by atoms with Gasteiger partial charge in [0.25, 0.3) is 5.91 Å². The molecule has 2 aliphatic rings. The summed E-state index contributed by atoms with van der Waals surface area (Å²) >= 11 is 1.35. The molecule has 32 heavy (non-hydrogen) atoms. The van der Waals surface area contributed by atoms with E-state index in [0.717, 1.165) is 11.6 Å². The Balaban J connectivity index is 1.40. The van der Waals surface area contributed by atoms with Gasteiger partial charge in [-0.3, -0.25) is 9.48 Å². The summed E-state index contributed by atoms with van der Waals surface area (Å²) in [7, 11) is 0. The minimum atomic E-state index is -0.546. The highest BCUT2D eigenvalue weighted by molar-refractivity contribution is 8.07. The third kappa shape index (κ3) is 4.17. The molecule has 4 heterocycles. The Morgan fingerprint density at radius 2 is 2.22 bits per heavy atom. The summed E-state index contributed by atoms with van der Waals surface area (Å²) in [5.74, 6) is -0.174. The Morgan fingerprint density at radius 3 is 2.97 bits per heavy atom. The number of nitrogens with zero attached hydrogens (tertiary/aromatic N) is 3. The van der Waals surface area contributed by atoms with Crippen LogP contribution in [0, 0.1) is 5.82 Å². The molecule has 1 aromatic carbocycles. The molecular formula is C22H19FN6O2S. The van der Waals surface area contributed by atoms with E-state index < -0.39 is 6.17 Å². The molecule has 1 unspecified atom stereocenters. The Morgan fingerprint density at radius 1 is 1.31 bits per heavy atom. The second-order valence-electron chi connectivity index (χ2n) is 7.06. The van der Waals surface area contributed by atoms with Crippen LogP contribution >= 0.6 is 11.8 Å². The molecule has 2 aromatic heterocycles. The van der Waals surface area contributed by atoms with Gasteiger partial charge in [0.2, 0.25) is 5.89 Å². The van der Waals surface area contributed by atoms with Crippen molar-refractivity contribution < 1.29 is 13.6 Å². The standard InChI is InChI=1S/C22H19FN6O2S/c23-15-6-2-1-5-14(15)13-29-17(22-25-9-10-31-22)11-16(28-29)20-26-12-18(21(30)27-20)32-19-7-3-4-8-24-19/h1-7,9-12,20,24,26H,8,13H2,(H,27,30). The van der Waals surface area contributed by atoms with Crippen LogP contribution in [0.15, 0.2) is 81.6 Å². The van der Waals surface area contributed by atoms with Gasteiger partial charge in [0.1, 0.15) is 29.6 Å². The van der Waals surface area contributed by atoms with Crippen molar-refractivity contribution in [2.75, 3.05) is 6.54 Å². The molecule has 1 amide bonds. The summed E-state index contributed by atoms with van der Waals surface area (Å²) in [6.07, 6.45) is 9.99. The molecule has 3 aromatic rings. The molecule has 0 saturated carbocycles. The number of halogens is 1. The molecule has 5 rings (SSSR count). The summed E-state index contributed by atoms with van der Waals surface area (Å²) in [6, 6.07) is 8.29. The van der Waals surface area contributed by atoms with Crippen LogP contribution in [0.3, 0.4) is 0 Å². The number of allylic oxidation sites excluding steroid dienone is 2. The molecule has 0 bridgehead atoms. The predicted octanol–water partition coefficient (Wildman–Crippen LogP) is 3.02. The molecule has 0 aliphatic carbocycles. The van der Waals surface area contributed by atoms with Gasteiger partial charge >= 0.3 is 0 Å². The summed E-state index contributed by atoms with van der Waals surface area (Å²) in [5, 5.41) is 14.8. The van der Waals surface area contributed by atoms with E-state index in [1.807, 2.05) is 18.2 Å². The van der Waals surface area contributed by atoms with E-state index in [0.29, 0.717) is 27.7 Å². The molecule has 162 valence electrons. The fourth-order valence-corrected chi connectivity index (χ4v) is 4.16. The van der Waals surface area contributed by atoms with Crippen LogP contribution in [-0.2, 0) is 11.3 Å². The molecule has 0 saturated heterocycles. The van der Waals surface area contributed by atoms with Crippen LogP contribution < -0.4 is 16.0 Å². The topological polar surface area (TPSA) is 97.0 Å². The lowest BCUT2D eigenvalue weighted by Crippen LogP contribution is -2.41. The second-order valence-corrected chi connectivity index (χ2v) is 8.15. The van der Waals surface area contributed by atoms with Crippen LogP contribution in [0.2, 0.25) is 0 Å². The number of dihydropyridines is 1. The molecular weight excluding hydrogens is 431 g/mol. The lowest BCUT2D eigenvalue weighted by atomic mass is 10.2. The van der Waals surface area contributed by atoms with Gasteiger partial charge in [-0.25, -0.2) is 9.37 Å². The van der Waals surface area contributed by atoms with Crippen molar-refractivity contribution in [3.8, 4) is 11.6 Å². The number of rotatable bonds is 6. The Labute approximate surface area is 187 Å². The Hall–Kier alpha value is -3.79. The summed E-state index contributed by atoms with van der Waals surface area (Å²) in [6.45, 7) is 0.919. The molecule has 0 fully saturated rings. The average molecular weight is 450 g/mol. The summed E-state index contributed by atoms with van der Waals surface area (Å²) < 4.78 is 21.3. The summed E-state index contributed by atoms with van der Waals surface area (Å²) in [5.41, 5.74) is 1.62. The van der Waals surface area contributed by atoms with E-state index in [-0.39, 0.29) is 18.3 Å². The van der Waals surface area contributed by atoms with E-state index in [4.69, 9.17) is 4.42 Å². The van der Waals surface area contributed by atoms with Gasteiger partial charge in [-0.05, 0) is 18.2 Å². The van der Waals surface area contributed by atoms with Crippen molar-refractivity contribution in [1.29, 1.82) is 0 Å². The van der Waals surface area contributed by atoms with Gasteiger partial charge in [-0.15, -0.1) is 0 Å². The van der Waals surface area contributed by atoms with Gasteiger partial charge in [0.05, 0.1) is 22.7 Å². The first kappa shape index (κ1) is 20.1. The maximum Gasteiger partial charge on any atom is 0.261 e. The Bertz CT molecular complexity index is 1230. The van der Waals surface area contributed by atoms with Crippen LogP contribution in [0.5, 0.6) is 0 Å². The monoisotopic (exact) mass is 450 g/mol. The van der Waals surface area contributed by atoms with Crippen molar-refractivity contribution in [2.45, 2.75) is 12.7 Å². The maximum absolute atomic E-state index is 14.2. The van der Waals surface area contributed by atoms with Crippen LogP contribution in [0.1, 0.15) is 17.4 Å². The van der Waals surface area contributed by atoms with Crippen molar-refractivity contribution in [2.24, 2.45) is 0 Å². The first-order valence-corrected chi connectivity index (χ1v) is 10.8. The van der Waals surface area contributed by atoms with Gasteiger partial charge in [-0.1, -0.05) is 42.1 Å². The van der Waals surface area contributed by atoms with Gasteiger partial charge in [0.15, 0.2) is 0 Å². The fraction of sp³-hybridized carbons (Fsp3) is 0.136. The van der Waals surface area contributed by atoms with E-state index in [9.17, 15) is 9.18 Å². The lowest BCUT2D eigenvalue weighted by molar-refractivity contribution is -0.118. The zero-order valence-corrected chi connectivity index (χ0v) is 17.6. The van der Waals surface area contributed by atoms with Gasteiger partial charge < -0.3 is 20.4 Å². The van der Waals surface area contributed by atoms with E-state index >= 15 is 0 Å². The first-order valence-electron chi connectivity index (χ1n) is 9.94. The average Bonchev–Trinajstić information content (AvgIpc) is 3.48. The van der Waals surface area contributed by atoms with E-state index in [1.165, 1.54) is 30.3 Å². The van der Waals surface area contributed by atoms with E-state index in [1.54, 1.807) is 35.1 Å². The minimum Gasteiger partial charge on any atom is -0.443 e. The SMILES string of the molecule is O=C1NC(c2cc(-c3ncco3)n(Cc3ccccc3F)n2)NC=C1SC1=CC=CCN1. The number of hydrogen-bond acceptors (Lipinski definition) is 7. The number of aromatic nitrogens is 3. The molecule has 0 radical (unpaired) electrons. The zero-order valence-electron chi connectivity index (χ0n) is 16.8. The molecule has 0 spiro atoms. The molecule has 2 aliphatic heterocycles. The predicted molar refractivity (Wildman–Crippen MR) is 118 cm³/mol. The van der Waals surface area contributed by atoms with Gasteiger partial charge in [-0.2, -0.15) is 5.10 Å².